The number of anilines is 3. The van der Waals surface area contributed by atoms with Crippen molar-refractivity contribution in [2.45, 2.75) is 6.54 Å². The molecular weight excluding hydrogens is 484 g/mol. The van der Waals surface area contributed by atoms with Crippen molar-refractivity contribution < 1.29 is 8.42 Å². The van der Waals surface area contributed by atoms with Crippen LogP contribution in [0, 0.1) is 0 Å². The minimum atomic E-state index is -3.97. The highest BCUT2D eigenvalue weighted by Gasteiger charge is 2.20. The van der Waals surface area contributed by atoms with E-state index < -0.39 is 10.2 Å². The Labute approximate surface area is 200 Å². The van der Waals surface area contributed by atoms with Crippen LogP contribution in [0.25, 0.3) is 10.9 Å². The number of fused-ring (bicyclic) bond motifs is 1. The first-order valence-corrected chi connectivity index (χ1v) is 12.6. The van der Waals surface area contributed by atoms with Crippen molar-refractivity contribution in [3.05, 3.63) is 59.5 Å². The van der Waals surface area contributed by atoms with E-state index in [1.54, 1.807) is 12.1 Å². The maximum absolute atomic E-state index is 12.8. The lowest BCUT2D eigenvalue weighted by atomic mass is 10.1. The third-order valence-corrected chi connectivity index (χ3v) is 6.94. The van der Waals surface area contributed by atoms with Gasteiger partial charge in [0.05, 0.1) is 11.7 Å². The van der Waals surface area contributed by atoms with Crippen LogP contribution in [0.3, 0.4) is 0 Å². The molecule has 3 N–H and O–H groups in total. The minimum absolute atomic E-state index is 0.171. The molecule has 2 aromatic heterocycles. The van der Waals surface area contributed by atoms with Crippen LogP contribution in [0.1, 0.15) is 5.56 Å². The summed E-state index contributed by atoms with van der Waals surface area (Å²) in [6.45, 7) is 2.18. The summed E-state index contributed by atoms with van der Waals surface area (Å²) >= 11 is 7.15. The van der Waals surface area contributed by atoms with Crippen LogP contribution in [0.5, 0.6) is 0 Å². The summed E-state index contributed by atoms with van der Waals surface area (Å²) in [6, 6.07) is 11.1. The maximum atomic E-state index is 12.8. The van der Waals surface area contributed by atoms with Crippen LogP contribution >= 0.6 is 23.1 Å². The average molecular weight is 507 g/mol. The summed E-state index contributed by atoms with van der Waals surface area (Å²) in [5.74, 6) is 0. The van der Waals surface area contributed by atoms with E-state index in [1.165, 1.54) is 12.5 Å². The SMILES string of the molecule is CN(C)CCNc1cc(Cl)ccc1CNc1cccc2c1cnn2S(=O)(=O)Nc1ncns1. The number of benzene rings is 2. The Morgan fingerprint density at radius 1 is 1.15 bits per heavy atom. The molecule has 0 amide bonds. The van der Waals surface area contributed by atoms with E-state index in [2.05, 4.69) is 34.7 Å². The Morgan fingerprint density at radius 2 is 2.00 bits per heavy atom. The number of rotatable bonds is 10. The predicted molar refractivity (Wildman–Crippen MR) is 133 cm³/mol. The number of likely N-dealkylation sites (N-methyl/N-ethyl adjacent to an activating group) is 1. The van der Waals surface area contributed by atoms with Gasteiger partial charge in [-0.25, -0.2) is 9.71 Å². The number of nitrogens with zero attached hydrogens (tertiary/aromatic N) is 5. The molecule has 0 aliphatic carbocycles. The van der Waals surface area contributed by atoms with Gasteiger partial charge in [0.15, 0.2) is 0 Å². The van der Waals surface area contributed by atoms with Gasteiger partial charge in [-0.1, -0.05) is 23.7 Å². The van der Waals surface area contributed by atoms with Gasteiger partial charge in [-0.3, -0.25) is 0 Å². The zero-order valence-electron chi connectivity index (χ0n) is 18.0. The fraction of sp³-hybridized carbons (Fsp3) is 0.250. The number of hydrogen-bond acceptors (Lipinski definition) is 9. The maximum Gasteiger partial charge on any atom is 0.345 e. The van der Waals surface area contributed by atoms with Gasteiger partial charge in [-0.2, -0.15) is 17.9 Å². The van der Waals surface area contributed by atoms with Crippen molar-refractivity contribution in [1.29, 1.82) is 0 Å². The highest BCUT2D eigenvalue weighted by molar-refractivity contribution is 7.91. The molecule has 0 atom stereocenters. The Morgan fingerprint density at radius 3 is 2.76 bits per heavy atom. The lowest BCUT2D eigenvalue weighted by Gasteiger charge is -2.16. The second-order valence-electron chi connectivity index (χ2n) is 7.46. The Bertz CT molecular complexity index is 1340. The summed E-state index contributed by atoms with van der Waals surface area (Å²) in [4.78, 5) is 5.96. The second-order valence-corrected chi connectivity index (χ2v) is 10.2. The lowest BCUT2D eigenvalue weighted by molar-refractivity contribution is 0.425. The summed E-state index contributed by atoms with van der Waals surface area (Å²) in [5, 5.41) is 12.4. The van der Waals surface area contributed by atoms with Gasteiger partial charge in [0.2, 0.25) is 5.13 Å². The summed E-state index contributed by atoms with van der Waals surface area (Å²) in [5.41, 5.74) is 3.19. The third-order valence-electron chi connectivity index (χ3n) is 4.80. The van der Waals surface area contributed by atoms with Crippen molar-refractivity contribution in [3.63, 3.8) is 0 Å². The first kappa shape index (κ1) is 23.2. The van der Waals surface area contributed by atoms with E-state index in [-0.39, 0.29) is 5.13 Å². The number of aromatic nitrogens is 4. The number of halogens is 1. The monoisotopic (exact) mass is 506 g/mol. The molecule has 0 aliphatic heterocycles. The minimum Gasteiger partial charge on any atom is -0.383 e. The number of hydrogen-bond donors (Lipinski definition) is 3. The van der Waals surface area contributed by atoms with Crippen LogP contribution < -0.4 is 15.4 Å². The van der Waals surface area contributed by atoms with Crippen LogP contribution in [-0.4, -0.2) is 59.0 Å². The van der Waals surface area contributed by atoms with E-state index in [4.69, 9.17) is 11.6 Å². The predicted octanol–water partition coefficient (Wildman–Crippen LogP) is 3.33. The van der Waals surface area contributed by atoms with E-state index in [1.807, 2.05) is 38.4 Å². The molecule has 174 valence electrons. The molecule has 2 heterocycles. The fourth-order valence-electron chi connectivity index (χ4n) is 3.22. The molecule has 0 bridgehead atoms. The molecule has 4 rings (SSSR count). The largest absolute Gasteiger partial charge is 0.383 e. The highest BCUT2D eigenvalue weighted by atomic mass is 35.5. The molecule has 2 aromatic carbocycles. The summed E-state index contributed by atoms with van der Waals surface area (Å²) in [6.07, 6.45) is 2.81. The zero-order chi connectivity index (χ0) is 23.4. The molecule has 0 radical (unpaired) electrons. The van der Waals surface area contributed by atoms with Gasteiger partial charge in [-0.15, -0.1) is 4.09 Å². The van der Waals surface area contributed by atoms with Crippen LogP contribution in [0.4, 0.5) is 16.5 Å². The van der Waals surface area contributed by atoms with E-state index in [0.717, 1.165) is 45.6 Å². The molecule has 0 saturated carbocycles. The van der Waals surface area contributed by atoms with E-state index >= 15 is 0 Å². The first-order chi connectivity index (χ1) is 15.8. The summed E-state index contributed by atoms with van der Waals surface area (Å²) < 4.78 is 32.7. The topological polar surface area (TPSA) is 117 Å². The van der Waals surface area contributed by atoms with Gasteiger partial charge in [-0.05, 0) is 43.9 Å². The van der Waals surface area contributed by atoms with Crippen molar-refractivity contribution >= 4 is 60.8 Å². The molecule has 0 spiro atoms. The van der Waals surface area contributed by atoms with E-state index in [0.29, 0.717) is 22.5 Å². The molecule has 33 heavy (non-hydrogen) atoms. The first-order valence-electron chi connectivity index (χ1n) is 10.0. The van der Waals surface area contributed by atoms with Crippen LogP contribution in [0.15, 0.2) is 48.9 Å². The van der Waals surface area contributed by atoms with Gasteiger partial charge in [0.25, 0.3) is 0 Å². The number of nitrogens with one attached hydrogen (secondary N) is 3. The third kappa shape index (κ3) is 5.53. The molecule has 0 saturated heterocycles. The van der Waals surface area contributed by atoms with Gasteiger partial charge in [0.1, 0.15) is 6.33 Å². The molecule has 0 fully saturated rings. The molecular formula is C20H23ClN8O2S2. The van der Waals surface area contributed by atoms with Gasteiger partial charge < -0.3 is 15.5 Å². The quantitative estimate of drug-likeness (QED) is 0.300. The van der Waals surface area contributed by atoms with Crippen molar-refractivity contribution in [2.75, 3.05) is 42.5 Å². The van der Waals surface area contributed by atoms with Crippen molar-refractivity contribution in [3.8, 4) is 0 Å². The van der Waals surface area contributed by atoms with Crippen LogP contribution in [0.2, 0.25) is 5.02 Å². The summed E-state index contributed by atoms with van der Waals surface area (Å²) in [7, 11) is 0.0685. The Kier molecular flexibility index (Phi) is 6.98. The van der Waals surface area contributed by atoms with Crippen LogP contribution in [-0.2, 0) is 16.8 Å². The van der Waals surface area contributed by atoms with Gasteiger partial charge >= 0.3 is 10.2 Å². The van der Waals surface area contributed by atoms with E-state index in [9.17, 15) is 8.42 Å². The standard InChI is InChI=1S/C20H23ClN8O2S2/c1-28(2)9-8-22-18-10-15(21)7-6-14(18)11-23-17-4-3-5-19-16(17)12-25-29(19)33(30,31)27-20-24-13-26-32-20/h3-7,10,12-13,22-23H,8-9,11H2,1-2H3,(H,24,26,27). The Hall–Kier alpha value is -2.93. The lowest BCUT2D eigenvalue weighted by Crippen LogP contribution is -2.22. The normalized spacial score (nSPS) is 11.8. The zero-order valence-corrected chi connectivity index (χ0v) is 20.4. The van der Waals surface area contributed by atoms with Crippen molar-refractivity contribution in [1.82, 2.24) is 23.4 Å². The Balaban J connectivity index is 1.55. The molecule has 10 nitrogen and oxygen atoms in total. The highest BCUT2D eigenvalue weighted by Crippen LogP contribution is 2.27. The second kappa shape index (κ2) is 9.91. The average Bonchev–Trinajstić information content (AvgIpc) is 3.43. The fourth-order valence-corrected chi connectivity index (χ4v) is 5.09. The van der Waals surface area contributed by atoms with Crippen molar-refractivity contribution in [2.24, 2.45) is 0 Å². The van der Waals surface area contributed by atoms with Gasteiger partial charge in [0, 0.05) is 53.0 Å². The molecule has 0 aliphatic rings. The molecule has 0 unspecified atom stereocenters. The molecule has 13 heteroatoms. The smallest absolute Gasteiger partial charge is 0.345 e. The molecule has 4 aromatic rings.